The molecule has 0 spiro atoms. The standard InChI is InChI=1S/C13H17F2NO3S/c14-13(15)20-7-8-5-6-11(19-8)12(18)16-9-3-1-2-4-10(9)17/h5-6,9-10,13,17H,1-4,7H2,(H,16,18). The van der Waals surface area contributed by atoms with Crippen LogP contribution in [0.3, 0.4) is 0 Å². The molecule has 0 radical (unpaired) electrons. The molecule has 1 saturated carbocycles. The molecule has 2 N–H and O–H groups in total. The molecule has 0 aromatic carbocycles. The second-order valence-electron chi connectivity index (χ2n) is 4.77. The van der Waals surface area contributed by atoms with Gasteiger partial charge in [-0.2, -0.15) is 8.78 Å². The molecule has 1 aliphatic rings. The largest absolute Gasteiger partial charge is 0.455 e. The Labute approximate surface area is 119 Å². The van der Waals surface area contributed by atoms with Crippen molar-refractivity contribution < 1.29 is 23.1 Å². The Balaban J connectivity index is 1.88. The van der Waals surface area contributed by atoms with Crippen molar-refractivity contribution in [1.29, 1.82) is 0 Å². The van der Waals surface area contributed by atoms with E-state index in [1.165, 1.54) is 12.1 Å². The Morgan fingerprint density at radius 2 is 2.20 bits per heavy atom. The van der Waals surface area contributed by atoms with E-state index in [9.17, 15) is 18.7 Å². The second-order valence-corrected chi connectivity index (χ2v) is 5.75. The van der Waals surface area contributed by atoms with Crippen LogP contribution in [0.1, 0.15) is 42.0 Å². The maximum Gasteiger partial charge on any atom is 0.287 e. The quantitative estimate of drug-likeness (QED) is 0.878. The number of furan rings is 1. The van der Waals surface area contributed by atoms with Crippen LogP contribution in [-0.4, -0.2) is 28.9 Å². The van der Waals surface area contributed by atoms with Crippen LogP contribution in [0.4, 0.5) is 8.78 Å². The van der Waals surface area contributed by atoms with Gasteiger partial charge in [0.15, 0.2) is 5.76 Å². The normalized spacial score (nSPS) is 23.0. The van der Waals surface area contributed by atoms with Gasteiger partial charge >= 0.3 is 0 Å². The lowest BCUT2D eigenvalue weighted by Gasteiger charge is -2.27. The van der Waals surface area contributed by atoms with E-state index >= 15 is 0 Å². The number of nitrogens with one attached hydrogen (secondary N) is 1. The summed E-state index contributed by atoms with van der Waals surface area (Å²) in [6.45, 7) is 0. The first-order valence-electron chi connectivity index (χ1n) is 6.53. The van der Waals surface area contributed by atoms with Gasteiger partial charge in [-0.05, 0) is 25.0 Å². The Bertz CT molecular complexity index is 453. The van der Waals surface area contributed by atoms with Crippen LogP contribution >= 0.6 is 11.8 Å². The molecule has 1 aromatic heterocycles. The molecule has 1 aromatic rings. The number of thioether (sulfide) groups is 1. The predicted molar refractivity (Wildman–Crippen MR) is 71.7 cm³/mol. The van der Waals surface area contributed by atoms with Crippen molar-refractivity contribution in [3.05, 3.63) is 23.7 Å². The Kier molecular flexibility index (Phi) is 5.42. The summed E-state index contributed by atoms with van der Waals surface area (Å²) in [5.74, 6) is -2.42. The van der Waals surface area contributed by atoms with Crippen LogP contribution in [0.25, 0.3) is 0 Å². The minimum Gasteiger partial charge on any atom is -0.455 e. The fourth-order valence-electron chi connectivity index (χ4n) is 2.24. The number of aliphatic hydroxyl groups excluding tert-OH is 1. The van der Waals surface area contributed by atoms with Crippen LogP contribution in [0.2, 0.25) is 0 Å². The van der Waals surface area contributed by atoms with E-state index in [2.05, 4.69) is 5.32 Å². The van der Waals surface area contributed by atoms with E-state index < -0.39 is 17.8 Å². The van der Waals surface area contributed by atoms with E-state index in [4.69, 9.17) is 4.42 Å². The summed E-state index contributed by atoms with van der Waals surface area (Å²) in [5.41, 5.74) is 0. The lowest BCUT2D eigenvalue weighted by molar-refractivity contribution is 0.0697. The van der Waals surface area contributed by atoms with Crippen molar-refractivity contribution in [1.82, 2.24) is 5.32 Å². The zero-order valence-corrected chi connectivity index (χ0v) is 11.7. The highest BCUT2D eigenvalue weighted by Crippen LogP contribution is 2.22. The molecule has 1 heterocycles. The summed E-state index contributed by atoms with van der Waals surface area (Å²) in [6, 6.07) is 2.72. The molecule has 1 amide bonds. The maximum absolute atomic E-state index is 12.1. The van der Waals surface area contributed by atoms with Gasteiger partial charge in [0.1, 0.15) is 5.76 Å². The second kappa shape index (κ2) is 7.08. The molecular weight excluding hydrogens is 288 g/mol. The first-order valence-corrected chi connectivity index (χ1v) is 7.58. The number of hydrogen-bond donors (Lipinski definition) is 2. The fourth-order valence-corrected chi connectivity index (χ4v) is 2.69. The van der Waals surface area contributed by atoms with E-state index in [-0.39, 0.29) is 17.6 Å². The van der Waals surface area contributed by atoms with E-state index in [0.717, 1.165) is 19.3 Å². The number of alkyl halides is 2. The molecule has 1 aliphatic carbocycles. The van der Waals surface area contributed by atoms with Gasteiger partial charge in [-0.3, -0.25) is 4.79 Å². The third-order valence-electron chi connectivity index (χ3n) is 3.28. The molecule has 0 bridgehead atoms. The van der Waals surface area contributed by atoms with Gasteiger partial charge in [0.05, 0.1) is 17.9 Å². The van der Waals surface area contributed by atoms with Gasteiger partial charge < -0.3 is 14.8 Å². The van der Waals surface area contributed by atoms with Gasteiger partial charge in [-0.15, -0.1) is 0 Å². The molecule has 20 heavy (non-hydrogen) atoms. The predicted octanol–water partition coefficient (Wildman–Crippen LogP) is 2.77. The van der Waals surface area contributed by atoms with Crippen LogP contribution in [0, 0.1) is 0 Å². The summed E-state index contributed by atoms with van der Waals surface area (Å²) in [5, 5.41) is 12.5. The molecule has 1 fully saturated rings. The Morgan fingerprint density at radius 1 is 1.45 bits per heavy atom. The topological polar surface area (TPSA) is 62.5 Å². The highest BCUT2D eigenvalue weighted by Gasteiger charge is 2.25. The van der Waals surface area contributed by atoms with Gasteiger partial charge in [0.2, 0.25) is 0 Å². The van der Waals surface area contributed by atoms with Crippen molar-refractivity contribution >= 4 is 17.7 Å². The van der Waals surface area contributed by atoms with Gasteiger partial charge in [0, 0.05) is 0 Å². The zero-order valence-electron chi connectivity index (χ0n) is 10.9. The summed E-state index contributed by atoms with van der Waals surface area (Å²) >= 11 is 0.447. The van der Waals surface area contributed by atoms with Crippen molar-refractivity contribution in [2.75, 3.05) is 0 Å². The number of aliphatic hydroxyl groups is 1. The molecular formula is C13H17F2NO3S. The summed E-state index contributed by atoms with van der Waals surface area (Å²) < 4.78 is 29.3. The summed E-state index contributed by atoms with van der Waals surface area (Å²) in [7, 11) is 0. The molecule has 2 rings (SSSR count). The molecule has 2 unspecified atom stereocenters. The van der Waals surface area contributed by atoms with Crippen molar-refractivity contribution in [2.45, 2.75) is 49.3 Å². The summed E-state index contributed by atoms with van der Waals surface area (Å²) in [4.78, 5) is 11.9. The Morgan fingerprint density at radius 3 is 2.90 bits per heavy atom. The third-order valence-corrected chi connectivity index (χ3v) is 3.99. The average molecular weight is 305 g/mol. The SMILES string of the molecule is O=C(NC1CCCCC1O)c1ccc(CSC(F)F)o1. The third kappa shape index (κ3) is 4.21. The highest BCUT2D eigenvalue weighted by atomic mass is 32.2. The van der Waals surface area contributed by atoms with Crippen LogP contribution in [0.15, 0.2) is 16.5 Å². The van der Waals surface area contributed by atoms with Crippen LogP contribution < -0.4 is 5.32 Å². The van der Waals surface area contributed by atoms with Crippen molar-refractivity contribution in [3.8, 4) is 0 Å². The number of carbonyl (C=O) groups is 1. The van der Waals surface area contributed by atoms with E-state index in [1.807, 2.05) is 0 Å². The highest BCUT2D eigenvalue weighted by molar-refractivity contribution is 7.98. The van der Waals surface area contributed by atoms with Gasteiger partial charge in [0.25, 0.3) is 11.7 Å². The lowest BCUT2D eigenvalue weighted by atomic mass is 9.92. The number of carbonyl (C=O) groups excluding carboxylic acids is 1. The molecule has 112 valence electrons. The molecule has 4 nitrogen and oxygen atoms in total. The first-order chi connectivity index (χ1) is 9.56. The number of rotatable bonds is 5. The Hall–Kier alpha value is -1.08. The average Bonchev–Trinajstić information content (AvgIpc) is 2.88. The van der Waals surface area contributed by atoms with Crippen LogP contribution in [0.5, 0.6) is 0 Å². The molecule has 2 atom stereocenters. The zero-order chi connectivity index (χ0) is 14.5. The van der Waals surface area contributed by atoms with E-state index in [1.54, 1.807) is 0 Å². The number of hydrogen-bond acceptors (Lipinski definition) is 4. The molecule has 7 heteroatoms. The maximum atomic E-state index is 12.1. The first kappa shape index (κ1) is 15.3. The summed E-state index contributed by atoms with van der Waals surface area (Å²) in [6.07, 6.45) is 2.82. The lowest BCUT2D eigenvalue weighted by Crippen LogP contribution is -2.44. The fraction of sp³-hybridized carbons (Fsp3) is 0.615. The number of amides is 1. The van der Waals surface area contributed by atoms with Crippen LogP contribution in [-0.2, 0) is 5.75 Å². The minimum absolute atomic E-state index is 0.0248. The number of halogens is 2. The van der Waals surface area contributed by atoms with Crippen molar-refractivity contribution in [3.63, 3.8) is 0 Å². The minimum atomic E-state index is -2.46. The van der Waals surface area contributed by atoms with Crippen molar-refractivity contribution in [2.24, 2.45) is 0 Å². The molecule has 0 saturated heterocycles. The monoisotopic (exact) mass is 305 g/mol. The van der Waals surface area contributed by atoms with E-state index in [0.29, 0.717) is 23.9 Å². The van der Waals surface area contributed by atoms with Gasteiger partial charge in [-0.25, -0.2) is 0 Å². The van der Waals surface area contributed by atoms with Gasteiger partial charge in [-0.1, -0.05) is 24.6 Å². The smallest absolute Gasteiger partial charge is 0.287 e. The molecule has 0 aliphatic heterocycles.